The topological polar surface area (TPSA) is 68.3 Å². The van der Waals surface area contributed by atoms with Gasteiger partial charge in [0.1, 0.15) is 4.88 Å². The van der Waals surface area contributed by atoms with Crippen LogP contribution >= 0.6 is 11.3 Å². The summed E-state index contributed by atoms with van der Waals surface area (Å²) >= 11 is 1.11. The fourth-order valence-corrected chi connectivity index (χ4v) is 3.43. The van der Waals surface area contributed by atoms with Crippen molar-refractivity contribution >= 4 is 28.3 Å². The molecule has 0 aliphatic heterocycles. The number of aromatic nitrogens is 1. The van der Waals surface area contributed by atoms with Crippen LogP contribution in [-0.4, -0.2) is 24.0 Å². The number of benzene rings is 2. The zero-order chi connectivity index (χ0) is 18.5. The minimum absolute atomic E-state index is 0.178. The molecule has 0 fully saturated rings. The van der Waals surface area contributed by atoms with Crippen LogP contribution in [0.3, 0.4) is 0 Å². The minimum atomic E-state index is -0.447. The van der Waals surface area contributed by atoms with Crippen molar-refractivity contribution in [2.45, 2.75) is 13.3 Å². The highest BCUT2D eigenvalue weighted by Gasteiger charge is 2.17. The van der Waals surface area contributed by atoms with Gasteiger partial charge in [-0.1, -0.05) is 65.9 Å². The molecule has 3 rings (SSSR count). The van der Waals surface area contributed by atoms with E-state index in [1.54, 1.807) is 6.92 Å². The van der Waals surface area contributed by atoms with E-state index in [1.165, 1.54) is 7.11 Å². The average molecular weight is 366 g/mol. The molecule has 0 spiro atoms. The normalized spacial score (nSPS) is 10.4. The summed E-state index contributed by atoms with van der Waals surface area (Å²) in [4.78, 5) is 28.4. The predicted molar refractivity (Wildman–Crippen MR) is 102 cm³/mol. The van der Waals surface area contributed by atoms with Gasteiger partial charge in [-0.25, -0.2) is 9.78 Å². The largest absolute Gasteiger partial charge is 0.465 e. The second-order valence-electron chi connectivity index (χ2n) is 5.71. The van der Waals surface area contributed by atoms with E-state index in [9.17, 15) is 9.59 Å². The van der Waals surface area contributed by atoms with Crippen molar-refractivity contribution in [3.63, 3.8) is 0 Å². The Kier molecular flexibility index (Phi) is 5.43. The lowest BCUT2D eigenvalue weighted by Crippen LogP contribution is -2.14. The lowest BCUT2D eigenvalue weighted by Gasteiger charge is -2.05. The molecule has 0 saturated heterocycles. The van der Waals surface area contributed by atoms with Crippen LogP contribution in [0.25, 0.3) is 11.1 Å². The van der Waals surface area contributed by atoms with E-state index in [0.717, 1.165) is 28.0 Å². The third kappa shape index (κ3) is 4.15. The number of aryl methyl sites for hydroxylation is 1. The fraction of sp³-hybridized carbons (Fsp3) is 0.150. The molecule has 3 aromatic rings. The summed E-state index contributed by atoms with van der Waals surface area (Å²) in [6.07, 6.45) is 0.237. The first-order chi connectivity index (χ1) is 12.6. The highest BCUT2D eigenvalue weighted by Crippen LogP contribution is 2.24. The van der Waals surface area contributed by atoms with E-state index in [-0.39, 0.29) is 12.3 Å². The summed E-state index contributed by atoms with van der Waals surface area (Å²) in [6, 6.07) is 17.9. The van der Waals surface area contributed by atoms with Crippen molar-refractivity contribution in [3.05, 3.63) is 70.7 Å². The second kappa shape index (κ2) is 7.93. The highest BCUT2D eigenvalue weighted by atomic mass is 32.1. The number of ether oxygens (including phenoxy) is 1. The molecule has 132 valence electrons. The predicted octanol–water partition coefficient (Wildman–Crippen LogP) is 4.09. The Hall–Kier alpha value is -2.99. The van der Waals surface area contributed by atoms with Gasteiger partial charge in [0.2, 0.25) is 5.91 Å². The zero-order valence-electron chi connectivity index (χ0n) is 14.5. The van der Waals surface area contributed by atoms with Crippen molar-refractivity contribution < 1.29 is 14.3 Å². The van der Waals surface area contributed by atoms with Crippen LogP contribution in [0.1, 0.15) is 20.9 Å². The lowest BCUT2D eigenvalue weighted by atomic mass is 10.0. The van der Waals surface area contributed by atoms with Crippen LogP contribution in [0.15, 0.2) is 54.6 Å². The molecule has 2 aromatic carbocycles. The number of esters is 1. The quantitative estimate of drug-likeness (QED) is 0.691. The molecule has 0 aliphatic rings. The minimum Gasteiger partial charge on any atom is -0.465 e. The Bertz CT molecular complexity index is 918. The molecule has 1 N–H and O–H groups in total. The first-order valence-corrected chi connectivity index (χ1v) is 8.88. The maximum atomic E-state index is 12.2. The Morgan fingerprint density at radius 3 is 2.35 bits per heavy atom. The summed E-state index contributed by atoms with van der Waals surface area (Å²) in [6.45, 7) is 1.71. The number of anilines is 1. The van der Waals surface area contributed by atoms with Gasteiger partial charge < -0.3 is 10.1 Å². The fourth-order valence-electron chi connectivity index (χ4n) is 2.53. The van der Waals surface area contributed by atoms with E-state index in [0.29, 0.717) is 15.7 Å². The molecule has 0 unspecified atom stereocenters. The maximum Gasteiger partial charge on any atom is 0.350 e. The zero-order valence-corrected chi connectivity index (χ0v) is 15.3. The maximum absolute atomic E-state index is 12.2. The lowest BCUT2D eigenvalue weighted by molar-refractivity contribution is -0.115. The first-order valence-electron chi connectivity index (χ1n) is 8.07. The number of carbonyl (C=O) groups is 2. The number of nitrogens with zero attached hydrogens (tertiary/aromatic N) is 1. The number of rotatable bonds is 5. The van der Waals surface area contributed by atoms with Crippen LogP contribution in [-0.2, 0) is 16.0 Å². The molecule has 0 radical (unpaired) electrons. The third-order valence-corrected chi connectivity index (χ3v) is 4.89. The number of carbonyl (C=O) groups excluding carboxylic acids is 2. The van der Waals surface area contributed by atoms with Crippen molar-refractivity contribution in [2.24, 2.45) is 0 Å². The molecule has 0 aliphatic carbocycles. The van der Waals surface area contributed by atoms with Crippen LogP contribution in [0, 0.1) is 6.92 Å². The summed E-state index contributed by atoms with van der Waals surface area (Å²) in [5.74, 6) is -0.625. The van der Waals surface area contributed by atoms with E-state index in [1.807, 2.05) is 54.6 Å². The van der Waals surface area contributed by atoms with Crippen LogP contribution < -0.4 is 5.32 Å². The van der Waals surface area contributed by atoms with E-state index >= 15 is 0 Å². The standard InChI is InChI=1S/C20H18N2O3S/c1-13-18(19(24)25-2)26-20(21-13)22-17(23)12-14-8-10-16(11-9-14)15-6-4-3-5-7-15/h3-11H,12H2,1-2H3,(H,21,22,23). The molecule has 0 saturated carbocycles. The van der Waals surface area contributed by atoms with Gasteiger partial charge in [0.15, 0.2) is 5.13 Å². The molecular formula is C20H18N2O3S. The summed E-state index contributed by atoms with van der Waals surface area (Å²) in [5.41, 5.74) is 3.69. The molecule has 1 amide bonds. The van der Waals surface area contributed by atoms with Gasteiger partial charge >= 0.3 is 5.97 Å². The van der Waals surface area contributed by atoms with Gasteiger partial charge in [-0.05, 0) is 23.6 Å². The summed E-state index contributed by atoms with van der Waals surface area (Å²) < 4.78 is 4.70. The first kappa shape index (κ1) is 17.8. The highest BCUT2D eigenvalue weighted by molar-refractivity contribution is 7.17. The third-order valence-electron chi connectivity index (χ3n) is 3.84. The second-order valence-corrected chi connectivity index (χ2v) is 6.71. The number of hydrogen-bond donors (Lipinski definition) is 1. The molecule has 5 nitrogen and oxygen atoms in total. The van der Waals surface area contributed by atoms with Crippen LogP contribution in [0.2, 0.25) is 0 Å². The number of amides is 1. The van der Waals surface area contributed by atoms with Gasteiger partial charge in [-0.15, -0.1) is 0 Å². The molecule has 0 bridgehead atoms. The van der Waals surface area contributed by atoms with Gasteiger partial charge in [-0.3, -0.25) is 4.79 Å². The van der Waals surface area contributed by atoms with Crippen LogP contribution in [0.4, 0.5) is 5.13 Å². The Morgan fingerprint density at radius 1 is 1.04 bits per heavy atom. The summed E-state index contributed by atoms with van der Waals surface area (Å²) in [7, 11) is 1.32. The molecule has 1 heterocycles. The number of methoxy groups -OCH3 is 1. The smallest absolute Gasteiger partial charge is 0.350 e. The molecule has 0 atom stereocenters. The van der Waals surface area contributed by atoms with Crippen molar-refractivity contribution in [3.8, 4) is 11.1 Å². The van der Waals surface area contributed by atoms with Gasteiger partial charge in [0.25, 0.3) is 0 Å². The van der Waals surface area contributed by atoms with Crippen LogP contribution in [0.5, 0.6) is 0 Å². The van der Waals surface area contributed by atoms with Gasteiger partial charge in [0, 0.05) is 0 Å². The Balaban J connectivity index is 1.64. The Labute approximate surface area is 155 Å². The molecule has 26 heavy (non-hydrogen) atoms. The van der Waals surface area contributed by atoms with E-state index in [4.69, 9.17) is 4.74 Å². The monoisotopic (exact) mass is 366 g/mol. The average Bonchev–Trinajstić information content (AvgIpc) is 3.02. The number of thiazole rings is 1. The van der Waals surface area contributed by atoms with E-state index < -0.39 is 5.97 Å². The Morgan fingerprint density at radius 2 is 1.69 bits per heavy atom. The van der Waals surface area contributed by atoms with Crippen molar-refractivity contribution in [1.82, 2.24) is 4.98 Å². The molecule has 1 aromatic heterocycles. The number of hydrogen-bond acceptors (Lipinski definition) is 5. The SMILES string of the molecule is COC(=O)c1sc(NC(=O)Cc2ccc(-c3ccccc3)cc2)nc1C. The molecular weight excluding hydrogens is 348 g/mol. The molecule has 6 heteroatoms. The summed E-state index contributed by atoms with van der Waals surface area (Å²) in [5, 5.41) is 3.13. The van der Waals surface area contributed by atoms with Gasteiger partial charge in [0.05, 0.1) is 19.2 Å². The van der Waals surface area contributed by atoms with E-state index in [2.05, 4.69) is 10.3 Å². The van der Waals surface area contributed by atoms with Gasteiger partial charge in [-0.2, -0.15) is 0 Å². The van der Waals surface area contributed by atoms with Crippen molar-refractivity contribution in [2.75, 3.05) is 12.4 Å². The number of nitrogens with one attached hydrogen (secondary N) is 1. The van der Waals surface area contributed by atoms with Crippen molar-refractivity contribution in [1.29, 1.82) is 0 Å².